The van der Waals surface area contributed by atoms with E-state index in [2.05, 4.69) is 114 Å². The second-order valence-corrected chi connectivity index (χ2v) is 13.6. The monoisotopic (exact) mass is 676 g/mol. The fraction of sp³-hybridized carbons (Fsp3) is 0. The number of furan rings is 2. The molecule has 0 fully saturated rings. The van der Waals surface area contributed by atoms with Crippen LogP contribution in [0.4, 0.5) is 0 Å². The maximum Gasteiger partial charge on any atom is 0.145 e. The highest BCUT2D eigenvalue weighted by Gasteiger charge is 2.20. The summed E-state index contributed by atoms with van der Waals surface area (Å²) in [6, 6.07) is 61.3. The summed E-state index contributed by atoms with van der Waals surface area (Å²) in [6.07, 6.45) is 0. The van der Waals surface area contributed by atoms with E-state index in [1.807, 2.05) is 66.7 Å². The smallest absolute Gasteiger partial charge is 0.145 e. The third-order valence-corrected chi connectivity index (χ3v) is 10.6. The molecule has 246 valence electrons. The first kappa shape index (κ1) is 29.4. The Morgan fingerprint density at radius 3 is 1.83 bits per heavy atom. The lowest BCUT2D eigenvalue weighted by Crippen LogP contribution is -1.96. The van der Waals surface area contributed by atoms with Gasteiger partial charge in [-0.15, -0.1) is 0 Å². The van der Waals surface area contributed by atoms with Gasteiger partial charge in [-0.05, 0) is 100 Å². The molecule has 0 radical (unpaired) electrons. The van der Waals surface area contributed by atoms with Gasteiger partial charge in [-0.3, -0.25) is 0 Å². The minimum atomic E-state index is 0.633. The van der Waals surface area contributed by atoms with Gasteiger partial charge in [0.15, 0.2) is 0 Å². The van der Waals surface area contributed by atoms with E-state index in [9.17, 15) is 5.26 Å². The van der Waals surface area contributed by atoms with Gasteiger partial charge < -0.3 is 13.4 Å². The summed E-state index contributed by atoms with van der Waals surface area (Å²) >= 11 is 0. The van der Waals surface area contributed by atoms with Crippen LogP contribution in [0, 0.1) is 11.3 Å². The highest BCUT2D eigenvalue weighted by Crippen LogP contribution is 2.42. The Balaban J connectivity index is 1.18. The van der Waals surface area contributed by atoms with Crippen molar-refractivity contribution in [2.24, 2.45) is 0 Å². The zero-order valence-electron chi connectivity index (χ0n) is 28.4. The molecule has 0 spiro atoms. The number of fused-ring (bicyclic) bond motifs is 10. The Labute approximate surface area is 304 Å². The summed E-state index contributed by atoms with van der Waals surface area (Å²) in [5.74, 6) is 0. The first-order valence-electron chi connectivity index (χ1n) is 17.7. The van der Waals surface area contributed by atoms with Gasteiger partial charge in [0.25, 0.3) is 0 Å². The predicted octanol–water partition coefficient (Wildman–Crippen LogP) is 13.5. The Kier molecular flexibility index (Phi) is 6.28. The molecule has 11 aromatic rings. The third kappa shape index (κ3) is 4.48. The largest absolute Gasteiger partial charge is 0.456 e. The Morgan fingerprint density at radius 2 is 1.04 bits per heavy atom. The van der Waals surface area contributed by atoms with Crippen molar-refractivity contribution >= 4 is 65.7 Å². The Bertz CT molecular complexity index is 3300. The number of nitrogens with zero attached hydrogens (tertiary/aromatic N) is 2. The topological polar surface area (TPSA) is 55.0 Å². The lowest BCUT2D eigenvalue weighted by molar-refractivity contribution is 0.669. The van der Waals surface area contributed by atoms with E-state index in [4.69, 9.17) is 8.83 Å². The van der Waals surface area contributed by atoms with Crippen LogP contribution in [0.5, 0.6) is 0 Å². The second kappa shape index (κ2) is 11.3. The molecule has 8 aromatic carbocycles. The highest BCUT2D eigenvalue weighted by molar-refractivity contribution is 6.24. The van der Waals surface area contributed by atoms with E-state index in [0.29, 0.717) is 5.56 Å². The van der Waals surface area contributed by atoms with Gasteiger partial charge in [0.05, 0.1) is 28.1 Å². The third-order valence-electron chi connectivity index (χ3n) is 10.6. The molecular formula is C49H28N2O2. The Morgan fingerprint density at radius 1 is 0.415 bits per heavy atom. The average molecular weight is 677 g/mol. The molecule has 0 aliphatic carbocycles. The molecule has 11 rings (SSSR count). The molecule has 0 N–H and O–H groups in total. The van der Waals surface area contributed by atoms with Crippen LogP contribution in [0.15, 0.2) is 179 Å². The zero-order chi connectivity index (χ0) is 35.0. The fourth-order valence-electron chi connectivity index (χ4n) is 8.18. The lowest BCUT2D eigenvalue weighted by atomic mass is 9.93. The number of nitriles is 1. The van der Waals surface area contributed by atoms with Gasteiger partial charge in [0.2, 0.25) is 0 Å². The summed E-state index contributed by atoms with van der Waals surface area (Å²) in [6.45, 7) is 0. The van der Waals surface area contributed by atoms with Gasteiger partial charge in [-0.2, -0.15) is 5.26 Å². The van der Waals surface area contributed by atoms with Gasteiger partial charge in [-0.25, -0.2) is 0 Å². The van der Waals surface area contributed by atoms with Gasteiger partial charge in [-0.1, -0.05) is 103 Å². The number of rotatable bonds is 4. The molecule has 4 nitrogen and oxygen atoms in total. The number of aromatic nitrogens is 1. The molecule has 0 atom stereocenters. The summed E-state index contributed by atoms with van der Waals surface area (Å²) < 4.78 is 15.3. The highest BCUT2D eigenvalue weighted by atomic mass is 16.3. The van der Waals surface area contributed by atoms with Crippen LogP contribution >= 0.6 is 0 Å². The maximum atomic E-state index is 10.4. The van der Waals surface area contributed by atoms with Crippen molar-refractivity contribution in [3.05, 3.63) is 175 Å². The first-order chi connectivity index (χ1) is 26.2. The van der Waals surface area contributed by atoms with Gasteiger partial charge in [0, 0.05) is 32.6 Å². The van der Waals surface area contributed by atoms with Crippen LogP contribution in [-0.2, 0) is 0 Å². The van der Waals surface area contributed by atoms with Crippen LogP contribution in [0.1, 0.15) is 5.56 Å². The first-order valence-corrected chi connectivity index (χ1v) is 17.7. The van der Waals surface area contributed by atoms with E-state index in [0.717, 1.165) is 105 Å². The van der Waals surface area contributed by atoms with Crippen molar-refractivity contribution in [2.45, 2.75) is 0 Å². The summed E-state index contributed by atoms with van der Waals surface area (Å²) in [7, 11) is 0. The molecule has 0 aliphatic heterocycles. The van der Waals surface area contributed by atoms with E-state index in [-0.39, 0.29) is 0 Å². The molecule has 4 heteroatoms. The molecule has 53 heavy (non-hydrogen) atoms. The molecule has 0 saturated carbocycles. The molecule has 0 amide bonds. The lowest BCUT2D eigenvalue weighted by Gasteiger charge is -2.15. The number of hydrogen-bond donors (Lipinski definition) is 0. The molecule has 3 heterocycles. The standard InChI is InChI=1S/C49H28N2O2/c50-29-35-24-31(18-20-37(35)30-10-2-1-3-11-30)33-25-34(32-19-21-40-38-12-5-8-16-45(38)52-47(40)28-32)27-36(26-33)51-43-15-7-4-14-42(43)48-44(51)23-22-41-39-13-6-9-17-46(39)53-49(41)48/h1-28H. The maximum absolute atomic E-state index is 10.4. The number of hydrogen-bond acceptors (Lipinski definition) is 3. The molecular weight excluding hydrogens is 649 g/mol. The van der Waals surface area contributed by atoms with Crippen molar-refractivity contribution in [2.75, 3.05) is 0 Å². The second-order valence-electron chi connectivity index (χ2n) is 13.6. The van der Waals surface area contributed by atoms with Crippen molar-refractivity contribution in [3.63, 3.8) is 0 Å². The summed E-state index contributed by atoms with van der Waals surface area (Å²) in [5, 5.41) is 17.0. The number of para-hydroxylation sites is 3. The molecule has 0 aliphatic rings. The minimum absolute atomic E-state index is 0.633. The van der Waals surface area contributed by atoms with Crippen LogP contribution in [-0.4, -0.2) is 4.57 Å². The van der Waals surface area contributed by atoms with Crippen LogP contribution < -0.4 is 0 Å². The molecule has 0 unspecified atom stereocenters. The van der Waals surface area contributed by atoms with Crippen molar-refractivity contribution in [1.29, 1.82) is 5.26 Å². The molecule has 0 bridgehead atoms. The van der Waals surface area contributed by atoms with Crippen LogP contribution in [0.2, 0.25) is 0 Å². The Hall–Kier alpha value is -7.35. The van der Waals surface area contributed by atoms with Crippen LogP contribution in [0.3, 0.4) is 0 Å². The predicted molar refractivity (Wildman–Crippen MR) is 216 cm³/mol. The fourth-order valence-corrected chi connectivity index (χ4v) is 8.18. The average Bonchev–Trinajstić information content (AvgIpc) is 3.90. The normalized spacial score (nSPS) is 11.8. The quantitative estimate of drug-likeness (QED) is 0.186. The number of benzene rings is 8. The molecule has 3 aromatic heterocycles. The van der Waals surface area contributed by atoms with Gasteiger partial charge >= 0.3 is 0 Å². The minimum Gasteiger partial charge on any atom is -0.456 e. The van der Waals surface area contributed by atoms with E-state index < -0.39 is 0 Å². The van der Waals surface area contributed by atoms with E-state index >= 15 is 0 Å². The van der Waals surface area contributed by atoms with E-state index in [1.165, 1.54) is 0 Å². The van der Waals surface area contributed by atoms with Crippen molar-refractivity contribution in [1.82, 2.24) is 4.57 Å². The molecule has 0 saturated heterocycles. The zero-order valence-corrected chi connectivity index (χ0v) is 28.4. The van der Waals surface area contributed by atoms with Gasteiger partial charge in [0.1, 0.15) is 22.3 Å². The van der Waals surface area contributed by atoms with E-state index in [1.54, 1.807) is 0 Å². The van der Waals surface area contributed by atoms with Crippen molar-refractivity contribution < 1.29 is 8.83 Å². The van der Waals surface area contributed by atoms with Crippen LogP contribution in [0.25, 0.3) is 105 Å². The SMILES string of the molecule is N#Cc1cc(-c2cc(-c3ccc4c(c3)oc3ccccc34)cc(-n3c4ccccc4c4c5oc6ccccc6c5ccc43)c2)ccc1-c1ccccc1. The van der Waals surface area contributed by atoms with Crippen molar-refractivity contribution in [3.8, 4) is 45.1 Å². The summed E-state index contributed by atoms with van der Waals surface area (Å²) in [4.78, 5) is 0. The summed E-state index contributed by atoms with van der Waals surface area (Å²) in [5.41, 5.74) is 13.3.